The van der Waals surface area contributed by atoms with Crippen LogP contribution in [-0.4, -0.2) is 35.9 Å². The van der Waals surface area contributed by atoms with E-state index in [2.05, 4.69) is 10.3 Å². The first-order valence-corrected chi connectivity index (χ1v) is 9.31. The molecule has 2 amide bonds. The number of amides is 2. The Balaban J connectivity index is 1.59. The van der Waals surface area contributed by atoms with Gasteiger partial charge in [-0.3, -0.25) is 14.4 Å². The summed E-state index contributed by atoms with van der Waals surface area (Å²) in [4.78, 5) is 41.8. The number of benzene rings is 1. The average Bonchev–Trinajstić information content (AvgIpc) is 3.22. The molecule has 7 nitrogen and oxygen atoms in total. The Morgan fingerprint density at radius 1 is 1.37 bits per heavy atom. The Kier molecular flexibility index (Phi) is 5.80. The van der Waals surface area contributed by atoms with Gasteiger partial charge in [-0.05, 0) is 31.2 Å². The van der Waals surface area contributed by atoms with Crippen molar-refractivity contribution in [2.24, 2.45) is 5.92 Å². The van der Waals surface area contributed by atoms with Crippen molar-refractivity contribution >= 4 is 39.9 Å². The van der Waals surface area contributed by atoms with Crippen LogP contribution in [0.2, 0.25) is 0 Å². The van der Waals surface area contributed by atoms with E-state index in [1.54, 1.807) is 12.3 Å². The van der Waals surface area contributed by atoms with Gasteiger partial charge >= 0.3 is 5.97 Å². The van der Waals surface area contributed by atoms with Crippen LogP contribution in [0, 0.1) is 11.7 Å². The lowest BCUT2D eigenvalue weighted by atomic mass is 10.1. The third-order valence-electron chi connectivity index (χ3n) is 4.05. The Hall–Kier alpha value is -2.81. The molecule has 0 spiro atoms. The van der Waals surface area contributed by atoms with Crippen molar-refractivity contribution in [3.05, 3.63) is 41.2 Å². The zero-order chi connectivity index (χ0) is 19.4. The molecule has 1 N–H and O–H groups in total. The highest BCUT2D eigenvalue weighted by Crippen LogP contribution is 2.26. The second-order valence-electron chi connectivity index (χ2n) is 6.00. The minimum atomic E-state index is -0.528. The first-order chi connectivity index (χ1) is 13.0. The molecule has 1 aromatic carbocycles. The molecule has 0 saturated carbocycles. The molecule has 0 unspecified atom stereocenters. The molecular weight excluding hydrogens is 373 g/mol. The number of hydrogen-bond donors (Lipinski definition) is 1. The number of rotatable bonds is 6. The molecule has 3 rings (SSSR count). The molecular formula is C18H18FN3O4S. The second kappa shape index (κ2) is 8.26. The summed E-state index contributed by atoms with van der Waals surface area (Å²) in [6.45, 7) is 2.24. The average molecular weight is 391 g/mol. The van der Waals surface area contributed by atoms with Gasteiger partial charge in [0.25, 0.3) is 0 Å². The maximum atomic E-state index is 13.0. The number of nitrogens with one attached hydrogen (secondary N) is 1. The van der Waals surface area contributed by atoms with E-state index in [-0.39, 0.29) is 43.0 Å². The predicted octanol–water partition coefficient (Wildman–Crippen LogP) is 2.38. The normalized spacial score (nSPS) is 16.4. The highest BCUT2D eigenvalue weighted by molar-refractivity contribution is 7.13. The third-order valence-corrected chi connectivity index (χ3v) is 4.85. The number of carbonyl (C=O) groups excluding carboxylic acids is 3. The molecule has 9 heteroatoms. The Bertz CT molecular complexity index is 853. The predicted molar refractivity (Wildman–Crippen MR) is 97.9 cm³/mol. The zero-order valence-corrected chi connectivity index (χ0v) is 15.4. The fourth-order valence-electron chi connectivity index (χ4n) is 2.77. The number of ether oxygens (including phenoxy) is 1. The van der Waals surface area contributed by atoms with Crippen LogP contribution in [0.1, 0.15) is 19.0 Å². The molecule has 142 valence electrons. The molecule has 1 aliphatic heterocycles. The Morgan fingerprint density at radius 3 is 2.81 bits per heavy atom. The molecule has 2 aromatic rings. The number of hydrogen-bond acceptors (Lipinski definition) is 6. The molecule has 27 heavy (non-hydrogen) atoms. The SMILES string of the molecule is CCOC(=O)Cc1csc(NC(=O)[C@@H]2CC(=O)N(c3ccc(F)cc3)C2)n1. The molecule has 0 aliphatic carbocycles. The number of nitrogens with zero attached hydrogens (tertiary/aromatic N) is 2. The van der Waals surface area contributed by atoms with Crippen LogP contribution in [0.4, 0.5) is 15.2 Å². The highest BCUT2D eigenvalue weighted by Gasteiger charge is 2.35. The van der Waals surface area contributed by atoms with Gasteiger partial charge in [0, 0.05) is 24.0 Å². The number of aromatic nitrogens is 1. The van der Waals surface area contributed by atoms with Crippen molar-refractivity contribution < 1.29 is 23.5 Å². The van der Waals surface area contributed by atoms with E-state index in [0.717, 1.165) is 0 Å². The van der Waals surface area contributed by atoms with Crippen molar-refractivity contribution in [2.45, 2.75) is 19.8 Å². The van der Waals surface area contributed by atoms with Gasteiger partial charge in [-0.25, -0.2) is 9.37 Å². The minimum absolute atomic E-state index is 0.0421. The molecule has 1 saturated heterocycles. The van der Waals surface area contributed by atoms with Crippen LogP contribution in [-0.2, 0) is 25.5 Å². The Labute approximate surface area is 159 Å². The van der Waals surface area contributed by atoms with Crippen molar-refractivity contribution in [2.75, 3.05) is 23.4 Å². The van der Waals surface area contributed by atoms with Gasteiger partial charge in [0.05, 0.1) is 24.6 Å². The van der Waals surface area contributed by atoms with Crippen LogP contribution in [0.25, 0.3) is 0 Å². The quantitative estimate of drug-likeness (QED) is 0.764. The van der Waals surface area contributed by atoms with Gasteiger partial charge in [-0.2, -0.15) is 0 Å². The van der Waals surface area contributed by atoms with Crippen molar-refractivity contribution in [3.8, 4) is 0 Å². The summed E-state index contributed by atoms with van der Waals surface area (Å²) in [5, 5.41) is 4.73. The van der Waals surface area contributed by atoms with Gasteiger partial charge in [0.15, 0.2) is 5.13 Å². The van der Waals surface area contributed by atoms with E-state index in [4.69, 9.17) is 4.74 Å². The van der Waals surface area contributed by atoms with E-state index in [1.807, 2.05) is 0 Å². The standard InChI is InChI=1S/C18H18FN3O4S/c1-2-26-16(24)8-13-10-27-18(20-13)21-17(25)11-7-15(23)22(9-11)14-5-3-12(19)4-6-14/h3-6,10-11H,2,7-9H2,1H3,(H,20,21,25)/t11-/m1/s1. The van der Waals surface area contributed by atoms with E-state index in [1.165, 1.54) is 40.5 Å². The van der Waals surface area contributed by atoms with E-state index in [9.17, 15) is 18.8 Å². The van der Waals surface area contributed by atoms with Crippen LogP contribution in [0.15, 0.2) is 29.6 Å². The van der Waals surface area contributed by atoms with Gasteiger partial charge in [0.2, 0.25) is 11.8 Å². The number of anilines is 2. The lowest BCUT2D eigenvalue weighted by Gasteiger charge is -2.16. The second-order valence-corrected chi connectivity index (χ2v) is 6.85. The van der Waals surface area contributed by atoms with Crippen LogP contribution in [0.5, 0.6) is 0 Å². The monoisotopic (exact) mass is 391 g/mol. The number of esters is 1. The zero-order valence-electron chi connectivity index (χ0n) is 14.6. The summed E-state index contributed by atoms with van der Waals surface area (Å²) in [5.74, 6) is -1.80. The summed E-state index contributed by atoms with van der Waals surface area (Å²) >= 11 is 1.21. The van der Waals surface area contributed by atoms with Gasteiger partial charge in [-0.15, -0.1) is 11.3 Å². The Morgan fingerprint density at radius 2 is 2.11 bits per heavy atom. The first kappa shape index (κ1) is 19.0. The van der Waals surface area contributed by atoms with Crippen LogP contribution >= 0.6 is 11.3 Å². The minimum Gasteiger partial charge on any atom is -0.466 e. The highest BCUT2D eigenvalue weighted by atomic mass is 32.1. The number of halogens is 1. The van der Waals surface area contributed by atoms with Gasteiger partial charge in [-0.1, -0.05) is 0 Å². The summed E-state index contributed by atoms with van der Waals surface area (Å²) in [6.07, 6.45) is 0.116. The molecule has 1 atom stereocenters. The summed E-state index contributed by atoms with van der Waals surface area (Å²) in [7, 11) is 0. The number of carbonyl (C=O) groups is 3. The third kappa shape index (κ3) is 4.68. The summed E-state index contributed by atoms with van der Waals surface area (Å²) in [5.41, 5.74) is 1.08. The van der Waals surface area contributed by atoms with Crippen molar-refractivity contribution in [1.29, 1.82) is 0 Å². The fourth-order valence-corrected chi connectivity index (χ4v) is 3.48. The molecule has 1 aliphatic rings. The molecule has 0 radical (unpaired) electrons. The molecule has 2 heterocycles. The number of thiazole rings is 1. The lowest BCUT2D eigenvalue weighted by Crippen LogP contribution is -2.28. The van der Waals surface area contributed by atoms with Crippen molar-refractivity contribution in [1.82, 2.24) is 4.98 Å². The maximum absolute atomic E-state index is 13.0. The van der Waals surface area contributed by atoms with E-state index >= 15 is 0 Å². The summed E-state index contributed by atoms with van der Waals surface area (Å²) < 4.78 is 17.9. The first-order valence-electron chi connectivity index (χ1n) is 8.43. The molecule has 0 bridgehead atoms. The van der Waals surface area contributed by atoms with E-state index < -0.39 is 5.92 Å². The maximum Gasteiger partial charge on any atom is 0.311 e. The van der Waals surface area contributed by atoms with Crippen molar-refractivity contribution in [3.63, 3.8) is 0 Å². The topological polar surface area (TPSA) is 88.6 Å². The van der Waals surface area contributed by atoms with Gasteiger partial charge in [0.1, 0.15) is 5.82 Å². The van der Waals surface area contributed by atoms with Gasteiger partial charge < -0.3 is 15.0 Å². The summed E-state index contributed by atoms with van der Waals surface area (Å²) in [6, 6.07) is 5.57. The van der Waals surface area contributed by atoms with Crippen LogP contribution in [0.3, 0.4) is 0 Å². The smallest absolute Gasteiger partial charge is 0.311 e. The molecule has 1 fully saturated rings. The van der Waals surface area contributed by atoms with Crippen LogP contribution < -0.4 is 10.2 Å². The van der Waals surface area contributed by atoms with E-state index in [0.29, 0.717) is 23.1 Å². The largest absolute Gasteiger partial charge is 0.466 e. The fraction of sp³-hybridized carbons (Fsp3) is 0.333. The molecule has 1 aromatic heterocycles. The lowest BCUT2D eigenvalue weighted by molar-refractivity contribution is -0.142.